The van der Waals surface area contributed by atoms with Crippen molar-refractivity contribution in [2.45, 2.75) is 19.9 Å². The largest absolute Gasteiger partial charge is 0.312 e. The second-order valence-electron chi connectivity index (χ2n) is 3.61. The van der Waals surface area contributed by atoms with E-state index in [1.165, 1.54) is 12.1 Å². The van der Waals surface area contributed by atoms with Gasteiger partial charge in [0.1, 0.15) is 5.82 Å². The van der Waals surface area contributed by atoms with E-state index in [4.69, 9.17) is 0 Å². The van der Waals surface area contributed by atoms with Gasteiger partial charge >= 0.3 is 0 Å². The lowest BCUT2D eigenvalue weighted by molar-refractivity contribution is -0.385. The summed E-state index contributed by atoms with van der Waals surface area (Å²) in [6.07, 6.45) is 4.85. The molecule has 17 heavy (non-hydrogen) atoms. The Morgan fingerprint density at radius 1 is 1.47 bits per heavy atom. The molecule has 1 aromatic rings. The van der Waals surface area contributed by atoms with Crippen LogP contribution in [0.25, 0.3) is 0 Å². The number of non-ortho nitro benzene ring substituents is 1. The number of nitrogens with one attached hydrogen (secondary N) is 1. The van der Waals surface area contributed by atoms with Gasteiger partial charge < -0.3 is 5.32 Å². The minimum atomic E-state index is -0.591. The summed E-state index contributed by atoms with van der Waals surface area (Å²) in [5.74, 6) is -0.579. The maximum atomic E-state index is 13.1. The van der Waals surface area contributed by atoms with Gasteiger partial charge in [-0.2, -0.15) is 0 Å². The van der Waals surface area contributed by atoms with Gasteiger partial charge in [-0.05, 0) is 31.5 Å². The molecule has 0 spiro atoms. The molecule has 1 N–H and O–H groups in total. The molecule has 92 valence electrons. The van der Waals surface area contributed by atoms with Gasteiger partial charge in [-0.15, -0.1) is 0 Å². The van der Waals surface area contributed by atoms with Crippen LogP contribution in [-0.2, 0) is 6.54 Å². The third-order valence-electron chi connectivity index (χ3n) is 2.21. The van der Waals surface area contributed by atoms with E-state index in [1.54, 1.807) is 0 Å². The molecule has 1 aromatic carbocycles. The summed E-state index contributed by atoms with van der Waals surface area (Å²) in [4.78, 5) is 9.94. The van der Waals surface area contributed by atoms with E-state index in [0.29, 0.717) is 12.1 Å². The molecule has 1 rings (SSSR count). The summed E-state index contributed by atoms with van der Waals surface area (Å²) < 4.78 is 13.1. The van der Waals surface area contributed by atoms with Crippen LogP contribution in [0.4, 0.5) is 10.1 Å². The number of nitro groups is 1. The van der Waals surface area contributed by atoms with Gasteiger partial charge in [-0.3, -0.25) is 10.1 Å². The monoisotopic (exact) mass is 238 g/mol. The Morgan fingerprint density at radius 2 is 2.24 bits per heavy atom. The molecule has 0 fully saturated rings. The number of allylic oxidation sites excluding steroid dienone is 1. The highest BCUT2D eigenvalue weighted by Gasteiger charge is 2.09. The SMILES string of the molecule is C/C=C/CCNCc1cc(F)cc([N+](=O)[O-])c1. The summed E-state index contributed by atoms with van der Waals surface area (Å²) in [5.41, 5.74) is 0.368. The lowest BCUT2D eigenvalue weighted by Crippen LogP contribution is -2.14. The first-order valence-corrected chi connectivity index (χ1v) is 5.39. The van der Waals surface area contributed by atoms with E-state index in [1.807, 2.05) is 19.1 Å². The first-order chi connectivity index (χ1) is 8.13. The molecular formula is C12H15FN2O2. The van der Waals surface area contributed by atoms with E-state index >= 15 is 0 Å². The molecular weight excluding hydrogens is 223 g/mol. The van der Waals surface area contributed by atoms with E-state index in [9.17, 15) is 14.5 Å². The molecule has 0 amide bonds. The van der Waals surface area contributed by atoms with Gasteiger partial charge in [0.05, 0.1) is 11.0 Å². The van der Waals surface area contributed by atoms with Crippen molar-refractivity contribution in [2.75, 3.05) is 6.54 Å². The molecule has 0 heterocycles. The molecule has 0 bridgehead atoms. The average molecular weight is 238 g/mol. The van der Waals surface area contributed by atoms with E-state index < -0.39 is 10.7 Å². The minimum Gasteiger partial charge on any atom is -0.312 e. The lowest BCUT2D eigenvalue weighted by atomic mass is 10.2. The third-order valence-corrected chi connectivity index (χ3v) is 2.21. The fourth-order valence-corrected chi connectivity index (χ4v) is 1.43. The second kappa shape index (κ2) is 6.75. The molecule has 0 unspecified atom stereocenters. The first kappa shape index (κ1) is 13.3. The molecule has 0 radical (unpaired) electrons. The number of nitrogens with zero attached hydrogens (tertiary/aromatic N) is 1. The highest BCUT2D eigenvalue weighted by Crippen LogP contribution is 2.16. The molecule has 0 aromatic heterocycles. The summed E-state index contributed by atoms with van der Waals surface area (Å²) in [7, 11) is 0. The van der Waals surface area contributed by atoms with Crippen molar-refractivity contribution in [3.8, 4) is 0 Å². The molecule has 0 aliphatic rings. The van der Waals surface area contributed by atoms with Gasteiger partial charge in [-0.1, -0.05) is 12.2 Å². The lowest BCUT2D eigenvalue weighted by Gasteiger charge is -2.03. The van der Waals surface area contributed by atoms with Crippen molar-refractivity contribution in [1.82, 2.24) is 5.32 Å². The zero-order valence-corrected chi connectivity index (χ0v) is 9.65. The Morgan fingerprint density at radius 3 is 2.88 bits per heavy atom. The maximum absolute atomic E-state index is 13.1. The van der Waals surface area contributed by atoms with Crippen LogP contribution >= 0.6 is 0 Å². The highest BCUT2D eigenvalue weighted by molar-refractivity contribution is 5.35. The fourth-order valence-electron chi connectivity index (χ4n) is 1.43. The van der Waals surface area contributed by atoms with Gasteiger partial charge in [0.15, 0.2) is 0 Å². The summed E-state index contributed by atoms with van der Waals surface area (Å²) in [6.45, 7) is 3.13. The van der Waals surface area contributed by atoms with E-state index in [-0.39, 0.29) is 5.69 Å². The molecule has 0 aliphatic carbocycles. The van der Waals surface area contributed by atoms with E-state index in [2.05, 4.69) is 5.32 Å². The van der Waals surface area contributed by atoms with Crippen molar-refractivity contribution in [3.05, 3.63) is 51.8 Å². The quantitative estimate of drug-likeness (QED) is 0.359. The Hall–Kier alpha value is -1.75. The highest BCUT2D eigenvalue weighted by atomic mass is 19.1. The summed E-state index contributed by atoms with van der Waals surface area (Å²) in [6, 6.07) is 3.60. The van der Waals surface area contributed by atoms with Crippen molar-refractivity contribution in [2.24, 2.45) is 0 Å². The number of halogens is 1. The van der Waals surface area contributed by atoms with Crippen LogP contribution in [0.1, 0.15) is 18.9 Å². The summed E-state index contributed by atoms with van der Waals surface area (Å²) in [5, 5.41) is 13.6. The van der Waals surface area contributed by atoms with Crippen LogP contribution in [0.2, 0.25) is 0 Å². The minimum absolute atomic E-state index is 0.213. The fraction of sp³-hybridized carbons (Fsp3) is 0.333. The number of hydrogen-bond acceptors (Lipinski definition) is 3. The number of rotatable bonds is 6. The van der Waals surface area contributed by atoms with Crippen molar-refractivity contribution in [3.63, 3.8) is 0 Å². The zero-order valence-electron chi connectivity index (χ0n) is 9.65. The third kappa shape index (κ3) is 4.74. The Balaban J connectivity index is 2.56. The normalized spacial score (nSPS) is 10.9. The molecule has 0 saturated carbocycles. The molecule has 0 aliphatic heterocycles. The Kier molecular flexibility index (Phi) is 5.29. The maximum Gasteiger partial charge on any atom is 0.272 e. The van der Waals surface area contributed by atoms with Crippen molar-refractivity contribution >= 4 is 5.69 Å². The van der Waals surface area contributed by atoms with Crippen molar-refractivity contribution in [1.29, 1.82) is 0 Å². The number of nitro benzene ring substituents is 1. The topological polar surface area (TPSA) is 55.2 Å². The van der Waals surface area contributed by atoms with Crippen LogP contribution in [0.15, 0.2) is 30.4 Å². The van der Waals surface area contributed by atoms with Crippen molar-refractivity contribution < 1.29 is 9.31 Å². The van der Waals surface area contributed by atoms with Gasteiger partial charge in [0, 0.05) is 12.6 Å². The number of hydrogen-bond donors (Lipinski definition) is 1. The Labute approximate surface area is 99.3 Å². The Bertz CT molecular complexity index is 419. The van der Waals surface area contributed by atoms with Gasteiger partial charge in [0.2, 0.25) is 0 Å². The standard InChI is InChI=1S/C12H15FN2O2/c1-2-3-4-5-14-9-10-6-11(13)8-12(7-10)15(16)17/h2-3,6-8,14H,4-5,9H2,1H3/b3-2+. The predicted molar refractivity (Wildman–Crippen MR) is 64.2 cm³/mol. The zero-order chi connectivity index (χ0) is 12.7. The molecule has 4 nitrogen and oxygen atoms in total. The van der Waals surface area contributed by atoms with E-state index in [0.717, 1.165) is 19.0 Å². The average Bonchev–Trinajstić information content (AvgIpc) is 2.28. The second-order valence-corrected chi connectivity index (χ2v) is 3.61. The van der Waals surface area contributed by atoms with Crippen LogP contribution < -0.4 is 5.32 Å². The molecule has 0 saturated heterocycles. The van der Waals surface area contributed by atoms with Gasteiger partial charge in [-0.25, -0.2) is 4.39 Å². The first-order valence-electron chi connectivity index (χ1n) is 5.39. The summed E-state index contributed by atoms with van der Waals surface area (Å²) >= 11 is 0. The molecule has 5 heteroatoms. The van der Waals surface area contributed by atoms with Crippen LogP contribution in [0.3, 0.4) is 0 Å². The predicted octanol–water partition coefficient (Wildman–Crippen LogP) is 2.79. The van der Waals surface area contributed by atoms with Crippen LogP contribution in [0.5, 0.6) is 0 Å². The number of benzene rings is 1. The molecule has 0 atom stereocenters. The van der Waals surface area contributed by atoms with Crippen LogP contribution in [-0.4, -0.2) is 11.5 Å². The van der Waals surface area contributed by atoms with Crippen LogP contribution in [0, 0.1) is 15.9 Å². The van der Waals surface area contributed by atoms with Gasteiger partial charge in [0.25, 0.3) is 5.69 Å². The smallest absolute Gasteiger partial charge is 0.272 e.